The van der Waals surface area contributed by atoms with E-state index in [-0.39, 0.29) is 5.92 Å². The van der Waals surface area contributed by atoms with E-state index in [1.54, 1.807) is 11.7 Å². The molecule has 2 heterocycles. The summed E-state index contributed by atoms with van der Waals surface area (Å²) < 4.78 is 6.84. The van der Waals surface area contributed by atoms with E-state index in [4.69, 9.17) is 16.3 Å². The second-order valence-corrected chi connectivity index (χ2v) is 4.34. The smallest absolute Gasteiger partial charge is 0.132 e. The molecule has 2 atom stereocenters. The van der Waals surface area contributed by atoms with Crippen LogP contribution >= 0.6 is 11.6 Å². The summed E-state index contributed by atoms with van der Waals surface area (Å²) in [5.41, 5.74) is 1.54. The summed E-state index contributed by atoms with van der Waals surface area (Å²) in [5, 5.41) is 14.9. The lowest BCUT2D eigenvalue weighted by Gasteiger charge is -2.16. The van der Waals surface area contributed by atoms with E-state index in [9.17, 15) is 5.11 Å². The van der Waals surface area contributed by atoms with Gasteiger partial charge in [-0.05, 0) is 13.3 Å². The Kier molecular flexibility index (Phi) is 3.00. The maximum Gasteiger partial charge on any atom is 0.132 e. The molecule has 2 rings (SSSR count). The van der Waals surface area contributed by atoms with Crippen LogP contribution < -0.4 is 0 Å². The molecule has 84 valence electrons. The molecule has 0 aromatic carbocycles. The number of aliphatic hydroxyl groups excluding tert-OH is 1. The number of aliphatic hydroxyl groups is 1. The fraction of sp³-hybridized carbons (Fsp3) is 0.700. The number of nitrogens with zero attached hydrogens (tertiary/aromatic N) is 2. The van der Waals surface area contributed by atoms with Crippen LogP contribution in [0.15, 0.2) is 0 Å². The Morgan fingerprint density at radius 1 is 1.67 bits per heavy atom. The molecule has 0 aliphatic carbocycles. The van der Waals surface area contributed by atoms with E-state index >= 15 is 0 Å². The molecule has 1 fully saturated rings. The standard InChI is InChI=1S/C10H15ClN2O2/c1-6-8(10(11)13(2)12-6)9(14)7-3-4-15-5-7/h7,9,14H,3-5H2,1-2H3. The van der Waals surface area contributed by atoms with Crippen LogP contribution in [0.3, 0.4) is 0 Å². The van der Waals surface area contributed by atoms with Crippen molar-refractivity contribution in [3.8, 4) is 0 Å². The minimum atomic E-state index is -0.561. The fourth-order valence-corrected chi connectivity index (χ4v) is 2.31. The third kappa shape index (κ3) is 1.89. The van der Waals surface area contributed by atoms with Crippen LogP contribution in [0.4, 0.5) is 0 Å². The van der Waals surface area contributed by atoms with Crippen molar-refractivity contribution in [2.45, 2.75) is 19.4 Å². The first kappa shape index (κ1) is 10.9. The highest BCUT2D eigenvalue weighted by atomic mass is 35.5. The summed E-state index contributed by atoms with van der Waals surface area (Å²) in [4.78, 5) is 0. The molecule has 15 heavy (non-hydrogen) atoms. The zero-order valence-electron chi connectivity index (χ0n) is 8.90. The molecule has 1 aliphatic rings. The van der Waals surface area contributed by atoms with Crippen LogP contribution in [-0.4, -0.2) is 28.1 Å². The van der Waals surface area contributed by atoms with Crippen molar-refractivity contribution in [3.63, 3.8) is 0 Å². The predicted molar refractivity (Wildman–Crippen MR) is 56.8 cm³/mol. The van der Waals surface area contributed by atoms with Gasteiger partial charge in [0.25, 0.3) is 0 Å². The van der Waals surface area contributed by atoms with Crippen LogP contribution in [0.5, 0.6) is 0 Å². The average molecular weight is 231 g/mol. The minimum absolute atomic E-state index is 0.144. The van der Waals surface area contributed by atoms with Crippen LogP contribution in [0.1, 0.15) is 23.8 Å². The SMILES string of the molecule is Cc1nn(C)c(Cl)c1C(O)C1CCOC1. The maximum absolute atomic E-state index is 10.2. The molecule has 1 aliphatic heterocycles. The molecular weight excluding hydrogens is 216 g/mol. The van der Waals surface area contributed by atoms with Gasteiger partial charge in [0.05, 0.1) is 18.4 Å². The molecule has 0 saturated carbocycles. The number of hydrogen-bond donors (Lipinski definition) is 1. The van der Waals surface area contributed by atoms with Crippen molar-refractivity contribution in [2.75, 3.05) is 13.2 Å². The van der Waals surface area contributed by atoms with Gasteiger partial charge < -0.3 is 9.84 Å². The summed E-state index contributed by atoms with van der Waals surface area (Å²) in [5.74, 6) is 0.144. The van der Waals surface area contributed by atoms with Crippen LogP contribution in [0, 0.1) is 12.8 Å². The lowest BCUT2D eigenvalue weighted by atomic mass is 9.96. The van der Waals surface area contributed by atoms with Crippen molar-refractivity contribution in [1.82, 2.24) is 9.78 Å². The zero-order valence-corrected chi connectivity index (χ0v) is 9.66. The number of aryl methyl sites for hydroxylation is 2. The molecule has 1 aromatic heterocycles. The molecule has 2 unspecified atom stereocenters. The molecule has 1 N–H and O–H groups in total. The molecule has 1 aromatic rings. The van der Waals surface area contributed by atoms with Crippen molar-refractivity contribution < 1.29 is 9.84 Å². The molecule has 0 spiro atoms. The lowest BCUT2D eigenvalue weighted by molar-refractivity contribution is 0.0914. The van der Waals surface area contributed by atoms with E-state index in [2.05, 4.69) is 5.10 Å². The van der Waals surface area contributed by atoms with Gasteiger partial charge in [0.1, 0.15) is 5.15 Å². The molecule has 5 heteroatoms. The number of aromatic nitrogens is 2. The number of rotatable bonds is 2. The largest absolute Gasteiger partial charge is 0.388 e. The molecule has 0 amide bonds. The highest BCUT2D eigenvalue weighted by Crippen LogP contribution is 2.34. The normalized spacial score (nSPS) is 23.3. The molecule has 4 nitrogen and oxygen atoms in total. The maximum atomic E-state index is 10.2. The molecular formula is C10H15ClN2O2. The Morgan fingerprint density at radius 2 is 2.40 bits per heavy atom. The van der Waals surface area contributed by atoms with Crippen molar-refractivity contribution in [3.05, 3.63) is 16.4 Å². The topological polar surface area (TPSA) is 47.3 Å². The Balaban J connectivity index is 2.27. The van der Waals surface area contributed by atoms with Gasteiger partial charge in [-0.3, -0.25) is 4.68 Å². The van der Waals surface area contributed by atoms with Gasteiger partial charge in [-0.15, -0.1) is 0 Å². The first-order valence-corrected chi connectivity index (χ1v) is 5.44. The quantitative estimate of drug-likeness (QED) is 0.837. The van der Waals surface area contributed by atoms with E-state index < -0.39 is 6.10 Å². The van der Waals surface area contributed by atoms with Crippen LogP contribution in [0.25, 0.3) is 0 Å². The van der Waals surface area contributed by atoms with Crippen LogP contribution in [-0.2, 0) is 11.8 Å². The predicted octanol–water partition coefficient (Wildman–Crippen LogP) is 1.45. The van der Waals surface area contributed by atoms with Crippen molar-refractivity contribution >= 4 is 11.6 Å². The highest BCUT2D eigenvalue weighted by molar-refractivity contribution is 6.30. The Hall–Kier alpha value is -0.580. The van der Waals surface area contributed by atoms with Crippen molar-refractivity contribution in [1.29, 1.82) is 0 Å². The number of hydrogen-bond acceptors (Lipinski definition) is 3. The monoisotopic (exact) mass is 230 g/mol. The van der Waals surface area contributed by atoms with Gasteiger partial charge in [-0.1, -0.05) is 11.6 Å². The third-order valence-corrected chi connectivity index (χ3v) is 3.35. The van der Waals surface area contributed by atoms with Crippen LogP contribution in [0.2, 0.25) is 5.15 Å². The van der Waals surface area contributed by atoms with Gasteiger partial charge in [0, 0.05) is 25.1 Å². The van der Waals surface area contributed by atoms with Gasteiger partial charge in [-0.25, -0.2) is 0 Å². The summed E-state index contributed by atoms with van der Waals surface area (Å²) in [6.07, 6.45) is 0.319. The first-order valence-electron chi connectivity index (χ1n) is 5.06. The second kappa shape index (κ2) is 4.12. The third-order valence-electron chi connectivity index (χ3n) is 2.90. The summed E-state index contributed by atoms with van der Waals surface area (Å²) >= 11 is 6.09. The number of ether oxygens (including phenoxy) is 1. The molecule has 0 radical (unpaired) electrons. The van der Waals surface area contributed by atoms with Crippen molar-refractivity contribution in [2.24, 2.45) is 13.0 Å². The first-order chi connectivity index (χ1) is 7.11. The van der Waals surface area contributed by atoms with E-state index in [0.717, 1.165) is 24.3 Å². The Bertz CT molecular complexity index is 359. The number of halogens is 1. The highest BCUT2D eigenvalue weighted by Gasteiger charge is 2.29. The van der Waals surface area contributed by atoms with E-state index in [1.807, 2.05) is 6.92 Å². The summed E-state index contributed by atoms with van der Waals surface area (Å²) in [6, 6.07) is 0. The van der Waals surface area contributed by atoms with E-state index in [1.165, 1.54) is 0 Å². The average Bonchev–Trinajstić information content (AvgIpc) is 2.76. The minimum Gasteiger partial charge on any atom is -0.388 e. The second-order valence-electron chi connectivity index (χ2n) is 3.98. The Labute approximate surface area is 93.8 Å². The van der Waals surface area contributed by atoms with Gasteiger partial charge in [0.15, 0.2) is 0 Å². The van der Waals surface area contributed by atoms with Gasteiger partial charge in [0.2, 0.25) is 0 Å². The van der Waals surface area contributed by atoms with Gasteiger partial charge in [-0.2, -0.15) is 5.10 Å². The van der Waals surface area contributed by atoms with Gasteiger partial charge >= 0.3 is 0 Å². The lowest BCUT2D eigenvalue weighted by Crippen LogP contribution is -2.13. The molecule has 1 saturated heterocycles. The fourth-order valence-electron chi connectivity index (χ4n) is 2.02. The van der Waals surface area contributed by atoms with E-state index in [0.29, 0.717) is 11.8 Å². The summed E-state index contributed by atoms with van der Waals surface area (Å²) in [6.45, 7) is 3.19. The Morgan fingerprint density at radius 3 is 2.87 bits per heavy atom. The zero-order chi connectivity index (χ0) is 11.0. The summed E-state index contributed by atoms with van der Waals surface area (Å²) in [7, 11) is 1.77. The molecule has 0 bridgehead atoms.